The molecule has 0 bridgehead atoms. The Morgan fingerprint density at radius 1 is 1.00 bits per heavy atom. The van der Waals surface area contributed by atoms with Gasteiger partial charge in [-0.15, -0.1) is 0 Å². The van der Waals surface area contributed by atoms with E-state index < -0.39 is 12.1 Å². The molecule has 0 heterocycles. The number of benzene rings is 2. The zero-order chi connectivity index (χ0) is 22.1. The SMILES string of the molecule is CCOc1ccc(/C=C/C(=O)O[C@H](C)C(=O)Nc2ccc(C)cc2C)cc1OCC. The summed E-state index contributed by atoms with van der Waals surface area (Å²) in [5.41, 5.74) is 3.51. The van der Waals surface area contributed by atoms with E-state index in [1.807, 2.05) is 52.0 Å². The van der Waals surface area contributed by atoms with Gasteiger partial charge >= 0.3 is 5.97 Å². The summed E-state index contributed by atoms with van der Waals surface area (Å²) >= 11 is 0. The van der Waals surface area contributed by atoms with Crippen molar-refractivity contribution < 1.29 is 23.8 Å². The number of rotatable bonds is 9. The number of hydrogen-bond acceptors (Lipinski definition) is 5. The Morgan fingerprint density at radius 3 is 2.37 bits per heavy atom. The molecule has 0 aliphatic heterocycles. The van der Waals surface area contributed by atoms with Crippen LogP contribution >= 0.6 is 0 Å². The molecular formula is C24H29NO5. The van der Waals surface area contributed by atoms with Crippen LogP contribution in [0.3, 0.4) is 0 Å². The van der Waals surface area contributed by atoms with Crippen LogP contribution in [0.2, 0.25) is 0 Å². The lowest BCUT2D eigenvalue weighted by molar-refractivity contribution is -0.148. The van der Waals surface area contributed by atoms with Crippen molar-refractivity contribution in [2.75, 3.05) is 18.5 Å². The van der Waals surface area contributed by atoms with Crippen molar-refractivity contribution in [3.05, 3.63) is 59.2 Å². The summed E-state index contributed by atoms with van der Waals surface area (Å²) in [6.45, 7) is 10.3. The first-order valence-corrected chi connectivity index (χ1v) is 10.0. The number of amides is 1. The maximum Gasteiger partial charge on any atom is 0.331 e. The average Bonchev–Trinajstić information content (AvgIpc) is 2.70. The fraction of sp³-hybridized carbons (Fsp3) is 0.333. The molecule has 0 unspecified atom stereocenters. The van der Waals surface area contributed by atoms with E-state index in [0.717, 1.165) is 16.7 Å². The molecule has 0 saturated carbocycles. The number of aryl methyl sites for hydroxylation is 2. The van der Waals surface area contributed by atoms with Gasteiger partial charge in [0.2, 0.25) is 0 Å². The Hall–Kier alpha value is -3.28. The molecule has 2 aromatic carbocycles. The van der Waals surface area contributed by atoms with Gasteiger partial charge < -0.3 is 19.5 Å². The highest BCUT2D eigenvalue weighted by atomic mass is 16.5. The van der Waals surface area contributed by atoms with Crippen LogP contribution in [-0.4, -0.2) is 31.2 Å². The minimum atomic E-state index is -0.929. The fourth-order valence-electron chi connectivity index (χ4n) is 2.79. The van der Waals surface area contributed by atoms with Crippen molar-refractivity contribution in [1.29, 1.82) is 0 Å². The van der Waals surface area contributed by atoms with Crippen LogP contribution in [0, 0.1) is 13.8 Å². The molecule has 1 atom stereocenters. The Balaban J connectivity index is 1.97. The van der Waals surface area contributed by atoms with Gasteiger partial charge in [0.15, 0.2) is 17.6 Å². The molecule has 0 fully saturated rings. The van der Waals surface area contributed by atoms with Crippen molar-refractivity contribution in [1.82, 2.24) is 0 Å². The van der Waals surface area contributed by atoms with Gasteiger partial charge in [-0.2, -0.15) is 0 Å². The normalized spacial score (nSPS) is 11.8. The van der Waals surface area contributed by atoms with E-state index in [1.54, 1.807) is 18.2 Å². The van der Waals surface area contributed by atoms with Gasteiger partial charge in [-0.25, -0.2) is 4.79 Å². The summed E-state index contributed by atoms with van der Waals surface area (Å²) in [4.78, 5) is 24.5. The molecule has 0 aromatic heterocycles. The van der Waals surface area contributed by atoms with Crippen molar-refractivity contribution in [2.45, 2.75) is 40.7 Å². The molecule has 0 saturated heterocycles. The van der Waals surface area contributed by atoms with E-state index >= 15 is 0 Å². The van der Waals surface area contributed by atoms with Crippen LogP contribution in [0.1, 0.15) is 37.5 Å². The molecule has 0 spiro atoms. The van der Waals surface area contributed by atoms with Crippen LogP contribution < -0.4 is 14.8 Å². The summed E-state index contributed by atoms with van der Waals surface area (Å²) in [5, 5.41) is 2.79. The van der Waals surface area contributed by atoms with E-state index in [0.29, 0.717) is 30.4 Å². The van der Waals surface area contributed by atoms with Crippen molar-refractivity contribution >= 4 is 23.6 Å². The van der Waals surface area contributed by atoms with Gasteiger partial charge in [0.05, 0.1) is 13.2 Å². The number of esters is 1. The van der Waals surface area contributed by atoms with Crippen LogP contribution in [0.4, 0.5) is 5.69 Å². The lowest BCUT2D eigenvalue weighted by Crippen LogP contribution is -2.29. The second-order valence-corrected chi connectivity index (χ2v) is 6.79. The highest BCUT2D eigenvalue weighted by molar-refractivity contribution is 5.97. The first-order chi connectivity index (χ1) is 14.3. The third kappa shape index (κ3) is 6.65. The highest BCUT2D eigenvalue weighted by Gasteiger charge is 2.17. The number of carbonyl (C=O) groups excluding carboxylic acids is 2. The summed E-state index contributed by atoms with van der Waals surface area (Å²) in [6, 6.07) is 11.1. The minimum absolute atomic E-state index is 0.386. The summed E-state index contributed by atoms with van der Waals surface area (Å²) in [6.07, 6.45) is 1.96. The van der Waals surface area contributed by atoms with Crippen molar-refractivity contribution in [3.8, 4) is 11.5 Å². The molecule has 30 heavy (non-hydrogen) atoms. The number of anilines is 1. The quantitative estimate of drug-likeness (QED) is 0.479. The first-order valence-electron chi connectivity index (χ1n) is 10.0. The Labute approximate surface area is 177 Å². The van der Waals surface area contributed by atoms with Gasteiger partial charge in [-0.1, -0.05) is 23.8 Å². The molecule has 1 N–H and O–H groups in total. The third-order valence-corrected chi connectivity index (χ3v) is 4.28. The van der Waals surface area contributed by atoms with Gasteiger partial charge in [0.1, 0.15) is 0 Å². The third-order valence-electron chi connectivity index (χ3n) is 4.28. The van der Waals surface area contributed by atoms with Crippen LogP contribution in [0.15, 0.2) is 42.5 Å². The van der Waals surface area contributed by atoms with Gasteiger partial charge in [-0.3, -0.25) is 4.79 Å². The number of nitrogens with one attached hydrogen (secondary N) is 1. The summed E-state index contributed by atoms with van der Waals surface area (Å²) in [7, 11) is 0. The molecular weight excluding hydrogens is 382 g/mol. The molecule has 2 aromatic rings. The number of carbonyl (C=O) groups is 2. The molecule has 160 valence electrons. The molecule has 0 radical (unpaired) electrons. The largest absolute Gasteiger partial charge is 0.490 e. The minimum Gasteiger partial charge on any atom is -0.490 e. The lowest BCUT2D eigenvalue weighted by Gasteiger charge is -2.14. The zero-order valence-electron chi connectivity index (χ0n) is 18.2. The molecule has 6 nitrogen and oxygen atoms in total. The predicted octanol–water partition coefficient (Wildman–Crippen LogP) is 4.68. The first kappa shape index (κ1) is 23.0. The Kier molecular flexibility index (Phi) is 8.47. The standard InChI is InChI=1S/C24H29NO5/c1-6-28-21-12-9-19(15-22(21)29-7-2)10-13-23(26)30-18(5)24(27)25-20-11-8-16(3)14-17(20)4/h8-15,18H,6-7H2,1-5H3,(H,25,27)/b13-10+/t18-/m1/s1. The number of hydrogen-bond donors (Lipinski definition) is 1. The molecule has 0 aliphatic rings. The fourth-order valence-corrected chi connectivity index (χ4v) is 2.79. The molecule has 2 rings (SSSR count). The van der Waals surface area contributed by atoms with Gasteiger partial charge in [0, 0.05) is 11.8 Å². The highest BCUT2D eigenvalue weighted by Crippen LogP contribution is 2.29. The Morgan fingerprint density at radius 2 is 1.70 bits per heavy atom. The predicted molar refractivity (Wildman–Crippen MR) is 118 cm³/mol. The zero-order valence-corrected chi connectivity index (χ0v) is 18.2. The smallest absolute Gasteiger partial charge is 0.331 e. The van der Waals surface area contributed by atoms with Crippen molar-refractivity contribution in [3.63, 3.8) is 0 Å². The Bertz CT molecular complexity index is 920. The van der Waals surface area contributed by atoms with Gasteiger partial charge in [-0.05, 0) is 70.0 Å². The lowest BCUT2D eigenvalue weighted by atomic mass is 10.1. The van der Waals surface area contributed by atoms with E-state index in [4.69, 9.17) is 14.2 Å². The second-order valence-electron chi connectivity index (χ2n) is 6.79. The molecule has 1 amide bonds. The molecule has 0 aliphatic carbocycles. The van der Waals surface area contributed by atoms with E-state index in [1.165, 1.54) is 13.0 Å². The second kappa shape index (κ2) is 11.0. The maximum atomic E-state index is 12.3. The average molecular weight is 411 g/mol. The summed E-state index contributed by atoms with van der Waals surface area (Å²) in [5.74, 6) is 0.264. The van der Waals surface area contributed by atoms with Gasteiger partial charge in [0.25, 0.3) is 5.91 Å². The number of ether oxygens (including phenoxy) is 3. The maximum absolute atomic E-state index is 12.3. The van der Waals surface area contributed by atoms with E-state index in [-0.39, 0.29) is 5.91 Å². The monoisotopic (exact) mass is 411 g/mol. The van der Waals surface area contributed by atoms with Crippen LogP contribution in [0.25, 0.3) is 6.08 Å². The summed E-state index contributed by atoms with van der Waals surface area (Å²) < 4.78 is 16.3. The molecule has 6 heteroatoms. The van der Waals surface area contributed by atoms with Crippen LogP contribution in [-0.2, 0) is 14.3 Å². The van der Waals surface area contributed by atoms with Crippen molar-refractivity contribution in [2.24, 2.45) is 0 Å². The van der Waals surface area contributed by atoms with Crippen LogP contribution in [0.5, 0.6) is 11.5 Å². The topological polar surface area (TPSA) is 73.9 Å². The van der Waals surface area contributed by atoms with E-state index in [2.05, 4.69) is 5.32 Å². The van der Waals surface area contributed by atoms with E-state index in [9.17, 15) is 9.59 Å².